The molecule has 0 amide bonds. The average molecular weight is 401 g/mol. The Balaban J connectivity index is 1.57. The zero-order valence-corrected chi connectivity index (χ0v) is 15.9. The molecule has 1 aliphatic rings. The Morgan fingerprint density at radius 3 is 2.17 bits per heavy atom. The first-order chi connectivity index (χ1) is 11.5. The smallest absolute Gasteiger partial charge is 0.173 e. The molecule has 0 spiro atoms. The first-order valence-corrected chi connectivity index (χ1v) is 9.08. The summed E-state index contributed by atoms with van der Waals surface area (Å²) in [5, 5.41) is 5.85. The van der Waals surface area contributed by atoms with Crippen LogP contribution in [0.15, 0.2) is 42.5 Å². The summed E-state index contributed by atoms with van der Waals surface area (Å²) in [7, 11) is 0. The van der Waals surface area contributed by atoms with Crippen LogP contribution in [-0.4, -0.2) is 36.2 Å². The minimum atomic E-state index is 0.576. The maximum atomic E-state index is 6.10. The molecule has 1 heterocycles. The molecule has 24 heavy (non-hydrogen) atoms. The maximum Gasteiger partial charge on any atom is 0.173 e. The number of halogens is 3. The van der Waals surface area contributed by atoms with Crippen LogP contribution in [0, 0.1) is 0 Å². The third-order valence-electron chi connectivity index (χ3n) is 3.93. The molecule has 0 atom stereocenters. The number of nitrogens with one attached hydrogen (secondary N) is 1. The van der Waals surface area contributed by atoms with Crippen molar-refractivity contribution < 1.29 is 0 Å². The fourth-order valence-electron chi connectivity index (χ4n) is 2.59. The third kappa shape index (κ3) is 4.25. The number of piperazine rings is 1. The van der Waals surface area contributed by atoms with Crippen molar-refractivity contribution in [1.82, 2.24) is 4.90 Å². The monoisotopic (exact) mass is 399 g/mol. The molecule has 0 aliphatic carbocycles. The molecule has 126 valence electrons. The van der Waals surface area contributed by atoms with E-state index in [0.29, 0.717) is 15.1 Å². The van der Waals surface area contributed by atoms with Gasteiger partial charge in [0.1, 0.15) is 0 Å². The molecule has 1 saturated heterocycles. The van der Waals surface area contributed by atoms with Gasteiger partial charge >= 0.3 is 0 Å². The molecule has 1 aliphatic heterocycles. The molecule has 1 N–H and O–H groups in total. The van der Waals surface area contributed by atoms with Gasteiger partial charge in [0.15, 0.2) is 5.11 Å². The lowest BCUT2D eigenvalue weighted by Gasteiger charge is -2.37. The summed E-state index contributed by atoms with van der Waals surface area (Å²) < 4.78 is 0. The number of anilines is 2. The molecular formula is C17H16Cl3N3S. The van der Waals surface area contributed by atoms with Gasteiger partial charge in [-0.15, -0.1) is 0 Å². The van der Waals surface area contributed by atoms with Crippen molar-refractivity contribution in [3.63, 3.8) is 0 Å². The Hall–Kier alpha value is -1.20. The van der Waals surface area contributed by atoms with Gasteiger partial charge in [-0.2, -0.15) is 0 Å². The Labute approximate surface area is 162 Å². The van der Waals surface area contributed by atoms with Crippen molar-refractivity contribution in [3.05, 3.63) is 57.5 Å². The number of thiocarbonyl (C=S) groups is 1. The van der Waals surface area contributed by atoms with Crippen LogP contribution in [0.5, 0.6) is 0 Å². The third-order valence-corrected chi connectivity index (χ3v) is 5.28. The van der Waals surface area contributed by atoms with Gasteiger partial charge in [-0.25, -0.2) is 0 Å². The van der Waals surface area contributed by atoms with Crippen LogP contribution >= 0.6 is 47.0 Å². The molecule has 0 aromatic heterocycles. The molecule has 0 radical (unpaired) electrons. The van der Waals surface area contributed by atoms with Crippen LogP contribution in [0.2, 0.25) is 15.1 Å². The van der Waals surface area contributed by atoms with Gasteiger partial charge in [0.05, 0.1) is 10.0 Å². The number of hydrogen-bond acceptors (Lipinski definition) is 2. The number of benzene rings is 2. The van der Waals surface area contributed by atoms with E-state index < -0.39 is 0 Å². The Morgan fingerprint density at radius 1 is 0.875 bits per heavy atom. The molecule has 0 bridgehead atoms. The van der Waals surface area contributed by atoms with E-state index in [1.165, 1.54) is 0 Å². The number of nitrogens with zero attached hydrogens (tertiary/aromatic N) is 2. The zero-order valence-electron chi connectivity index (χ0n) is 12.8. The lowest BCUT2D eigenvalue weighted by Crippen LogP contribution is -2.50. The topological polar surface area (TPSA) is 18.5 Å². The van der Waals surface area contributed by atoms with Gasteiger partial charge in [0.25, 0.3) is 0 Å². The first-order valence-electron chi connectivity index (χ1n) is 7.54. The van der Waals surface area contributed by atoms with Crippen LogP contribution in [0.3, 0.4) is 0 Å². The normalized spacial score (nSPS) is 14.6. The van der Waals surface area contributed by atoms with E-state index in [-0.39, 0.29) is 0 Å². The molecule has 2 aromatic carbocycles. The SMILES string of the molecule is S=C(Nc1ccc(Cl)cc1)N1CCN(c2ccc(Cl)c(Cl)c2)CC1. The van der Waals surface area contributed by atoms with Crippen molar-refractivity contribution in [2.45, 2.75) is 0 Å². The molecular weight excluding hydrogens is 385 g/mol. The van der Waals surface area contributed by atoms with Crippen molar-refractivity contribution >= 4 is 63.5 Å². The Morgan fingerprint density at radius 2 is 1.54 bits per heavy atom. The predicted molar refractivity (Wildman–Crippen MR) is 108 cm³/mol. The highest BCUT2D eigenvalue weighted by Gasteiger charge is 2.19. The van der Waals surface area contributed by atoms with Gasteiger partial charge in [-0.3, -0.25) is 0 Å². The van der Waals surface area contributed by atoms with Crippen LogP contribution in [0.4, 0.5) is 11.4 Å². The van der Waals surface area contributed by atoms with E-state index in [1.807, 2.05) is 42.5 Å². The largest absolute Gasteiger partial charge is 0.368 e. The predicted octanol–water partition coefficient (Wildman–Crippen LogP) is 5.17. The zero-order chi connectivity index (χ0) is 17.1. The molecule has 0 unspecified atom stereocenters. The van der Waals surface area contributed by atoms with E-state index >= 15 is 0 Å². The lowest BCUT2D eigenvalue weighted by atomic mass is 10.2. The van der Waals surface area contributed by atoms with E-state index in [1.54, 1.807) is 0 Å². The second kappa shape index (κ2) is 7.79. The molecule has 3 nitrogen and oxygen atoms in total. The fraction of sp³-hybridized carbons (Fsp3) is 0.235. The summed E-state index contributed by atoms with van der Waals surface area (Å²) in [5.74, 6) is 0. The summed E-state index contributed by atoms with van der Waals surface area (Å²) in [6.07, 6.45) is 0. The van der Waals surface area contributed by atoms with Crippen molar-refractivity contribution in [2.24, 2.45) is 0 Å². The Kier molecular flexibility index (Phi) is 5.72. The fourth-order valence-corrected chi connectivity index (χ4v) is 3.30. The second-order valence-corrected chi connectivity index (χ2v) is 7.15. The van der Waals surface area contributed by atoms with Gasteiger partial charge < -0.3 is 15.1 Å². The molecule has 7 heteroatoms. The average Bonchev–Trinajstić information content (AvgIpc) is 2.59. The summed E-state index contributed by atoms with van der Waals surface area (Å²) in [6.45, 7) is 3.44. The van der Waals surface area contributed by atoms with Gasteiger partial charge in [-0.05, 0) is 54.7 Å². The minimum Gasteiger partial charge on any atom is -0.368 e. The van der Waals surface area contributed by atoms with E-state index in [2.05, 4.69) is 15.1 Å². The van der Waals surface area contributed by atoms with E-state index in [4.69, 9.17) is 47.0 Å². The minimum absolute atomic E-state index is 0.576. The van der Waals surface area contributed by atoms with Crippen molar-refractivity contribution in [1.29, 1.82) is 0 Å². The highest BCUT2D eigenvalue weighted by atomic mass is 35.5. The highest BCUT2D eigenvalue weighted by Crippen LogP contribution is 2.27. The Bertz CT molecular complexity index is 728. The van der Waals surface area contributed by atoms with Crippen LogP contribution < -0.4 is 10.2 Å². The summed E-state index contributed by atoms with van der Waals surface area (Å²) >= 11 is 23.5. The summed E-state index contributed by atoms with van der Waals surface area (Å²) in [4.78, 5) is 4.45. The van der Waals surface area contributed by atoms with Crippen molar-refractivity contribution in [3.8, 4) is 0 Å². The van der Waals surface area contributed by atoms with Gasteiger partial charge in [0, 0.05) is 42.6 Å². The maximum absolute atomic E-state index is 6.10. The molecule has 1 fully saturated rings. The van der Waals surface area contributed by atoms with E-state index in [9.17, 15) is 0 Å². The number of hydrogen-bond donors (Lipinski definition) is 1. The van der Waals surface area contributed by atoms with Gasteiger partial charge in [-0.1, -0.05) is 34.8 Å². The lowest BCUT2D eigenvalue weighted by molar-refractivity contribution is 0.391. The second-order valence-electron chi connectivity index (χ2n) is 5.51. The van der Waals surface area contributed by atoms with Crippen molar-refractivity contribution in [2.75, 3.05) is 36.4 Å². The molecule has 3 rings (SSSR count). The molecule has 0 saturated carbocycles. The standard InChI is InChI=1S/C17H16Cl3N3S/c18-12-1-3-13(4-2-12)21-17(24)23-9-7-22(8-10-23)14-5-6-15(19)16(20)11-14/h1-6,11H,7-10H2,(H,21,24). The molecule has 2 aromatic rings. The van der Waals surface area contributed by atoms with Gasteiger partial charge in [0.2, 0.25) is 0 Å². The number of rotatable bonds is 2. The quantitative estimate of drug-likeness (QED) is 0.701. The van der Waals surface area contributed by atoms with E-state index in [0.717, 1.165) is 42.7 Å². The first kappa shape index (κ1) is 17.6. The van der Waals surface area contributed by atoms with Crippen LogP contribution in [-0.2, 0) is 0 Å². The summed E-state index contributed by atoms with van der Waals surface area (Å²) in [5.41, 5.74) is 2.02. The highest BCUT2D eigenvalue weighted by molar-refractivity contribution is 7.80. The van der Waals surface area contributed by atoms with Crippen LogP contribution in [0.25, 0.3) is 0 Å². The van der Waals surface area contributed by atoms with Crippen LogP contribution in [0.1, 0.15) is 0 Å². The summed E-state index contributed by atoms with van der Waals surface area (Å²) in [6, 6.07) is 13.3.